The van der Waals surface area contributed by atoms with Crippen molar-refractivity contribution in [3.05, 3.63) is 64.7 Å². The van der Waals surface area contributed by atoms with Crippen LogP contribution in [0.4, 0.5) is 5.69 Å². The number of amides is 2. The first-order valence-corrected chi connectivity index (χ1v) is 7.78. The molecule has 0 radical (unpaired) electrons. The summed E-state index contributed by atoms with van der Waals surface area (Å²) in [5.41, 5.74) is 7.17. The molecule has 2 rings (SSSR count). The number of aryl methyl sites for hydroxylation is 2. The number of hydrogen-bond acceptors (Lipinski definition) is 3. The zero-order chi connectivity index (χ0) is 17.5. The quantitative estimate of drug-likeness (QED) is 0.802. The van der Waals surface area contributed by atoms with E-state index in [9.17, 15) is 9.59 Å². The van der Waals surface area contributed by atoms with Crippen molar-refractivity contribution in [2.24, 2.45) is 0 Å². The van der Waals surface area contributed by atoms with Crippen molar-refractivity contribution in [2.75, 3.05) is 11.9 Å². The lowest BCUT2D eigenvalue weighted by molar-refractivity contribution is -0.136. The molecule has 0 bridgehead atoms. The molecule has 0 aromatic heterocycles. The van der Waals surface area contributed by atoms with Crippen molar-refractivity contribution < 1.29 is 14.4 Å². The van der Waals surface area contributed by atoms with Gasteiger partial charge in [0.25, 0.3) is 5.91 Å². The molecule has 126 valence electrons. The lowest BCUT2D eigenvalue weighted by atomic mass is 10.1. The summed E-state index contributed by atoms with van der Waals surface area (Å²) in [5, 5.41) is 2.77. The molecule has 2 aromatic carbocycles. The van der Waals surface area contributed by atoms with Crippen LogP contribution in [0.15, 0.2) is 42.5 Å². The fourth-order valence-corrected chi connectivity index (χ4v) is 2.18. The third kappa shape index (κ3) is 5.21. The topological polar surface area (TPSA) is 67.4 Å². The second-order valence-corrected chi connectivity index (χ2v) is 5.77. The van der Waals surface area contributed by atoms with Crippen LogP contribution < -0.4 is 10.8 Å². The summed E-state index contributed by atoms with van der Waals surface area (Å²) in [4.78, 5) is 28.6. The molecular formula is C19H22N2O3. The fraction of sp³-hybridized carbons (Fsp3) is 0.263. The van der Waals surface area contributed by atoms with Crippen LogP contribution in [0.3, 0.4) is 0 Å². The molecule has 2 amide bonds. The minimum Gasteiger partial charge on any atom is -0.324 e. The molecular weight excluding hydrogens is 304 g/mol. The first-order valence-electron chi connectivity index (χ1n) is 7.78. The average Bonchev–Trinajstić information content (AvgIpc) is 2.54. The van der Waals surface area contributed by atoms with Gasteiger partial charge in [-0.15, -0.1) is 0 Å². The van der Waals surface area contributed by atoms with Crippen molar-refractivity contribution >= 4 is 17.5 Å². The molecule has 0 saturated heterocycles. The van der Waals surface area contributed by atoms with E-state index in [2.05, 4.69) is 10.8 Å². The number of carbonyl (C=O) groups is 2. The van der Waals surface area contributed by atoms with Gasteiger partial charge in [-0.05, 0) is 43.5 Å². The van der Waals surface area contributed by atoms with Gasteiger partial charge >= 0.3 is 0 Å². The molecule has 5 nitrogen and oxygen atoms in total. The van der Waals surface area contributed by atoms with Crippen LogP contribution in [0.2, 0.25) is 0 Å². The Kier molecular flexibility index (Phi) is 6.09. The van der Waals surface area contributed by atoms with E-state index >= 15 is 0 Å². The van der Waals surface area contributed by atoms with Crippen LogP contribution in [0.1, 0.15) is 22.3 Å². The number of anilines is 1. The van der Waals surface area contributed by atoms with Gasteiger partial charge in [-0.1, -0.05) is 42.0 Å². The van der Waals surface area contributed by atoms with Gasteiger partial charge in [0.15, 0.2) is 6.61 Å². The first-order chi connectivity index (χ1) is 11.5. The molecule has 0 aliphatic rings. The molecule has 24 heavy (non-hydrogen) atoms. The Morgan fingerprint density at radius 1 is 0.958 bits per heavy atom. The second kappa shape index (κ2) is 8.26. The summed E-state index contributed by atoms with van der Waals surface area (Å²) in [6.45, 7) is 5.66. The van der Waals surface area contributed by atoms with E-state index in [1.807, 2.05) is 63.2 Å². The third-order valence-electron chi connectivity index (χ3n) is 3.75. The van der Waals surface area contributed by atoms with Crippen LogP contribution >= 0.6 is 0 Å². The van der Waals surface area contributed by atoms with E-state index in [1.165, 1.54) is 0 Å². The molecule has 2 aromatic rings. The van der Waals surface area contributed by atoms with E-state index in [1.54, 1.807) is 0 Å². The molecule has 0 atom stereocenters. The summed E-state index contributed by atoms with van der Waals surface area (Å²) >= 11 is 0. The molecule has 5 heteroatoms. The van der Waals surface area contributed by atoms with E-state index in [-0.39, 0.29) is 24.8 Å². The zero-order valence-electron chi connectivity index (χ0n) is 14.2. The number of rotatable bonds is 6. The Bertz CT molecular complexity index is 724. The van der Waals surface area contributed by atoms with Crippen LogP contribution in [0, 0.1) is 20.8 Å². The second-order valence-electron chi connectivity index (χ2n) is 5.77. The first kappa shape index (κ1) is 17.7. The minimum absolute atomic E-state index is 0.207. The Hall–Kier alpha value is -2.66. The summed E-state index contributed by atoms with van der Waals surface area (Å²) in [5.74, 6) is -0.613. The van der Waals surface area contributed by atoms with Crippen LogP contribution in [-0.2, 0) is 20.8 Å². The number of hydrogen-bond donors (Lipinski definition) is 2. The predicted molar refractivity (Wildman–Crippen MR) is 93.5 cm³/mol. The van der Waals surface area contributed by atoms with Gasteiger partial charge in [0.05, 0.1) is 6.42 Å². The largest absolute Gasteiger partial charge is 0.324 e. The fourth-order valence-electron chi connectivity index (χ4n) is 2.18. The Morgan fingerprint density at radius 3 is 2.38 bits per heavy atom. The van der Waals surface area contributed by atoms with Gasteiger partial charge < -0.3 is 5.32 Å². The van der Waals surface area contributed by atoms with Crippen molar-refractivity contribution in [1.29, 1.82) is 0 Å². The Morgan fingerprint density at radius 2 is 1.67 bits per heavy atom. The minimum atomic E-state index is -0.320. The number of hydroxylamine groups is 1. The maximum Gasteiger partial charge on any atom is 0.253 e. The maximum atomic E-state index is 11.9. The SMILES string of the molecule is Cc1ccc(CC(=O)NOCC(=O)Nc2cccc(C)c2C)cc1. The van der Waals surface area contributed by atoms with Gasteiger partial charge in [-0.2, -0.15) is 0 Å². The molecule has 0 unspecified atom stereocenters. The number of carbonyl (C=O) groups excluding carboxylic acids is 2. The van der Waals surface area contributed by atoms with Gasteiger partial charge in [-0.25, -0.2) is 5.48 Å². The standard InChI is InChI=1S/C19H22N2O3/c1-13-7-9-16(10-8-13)11-18(22)21-24-12-19(23)20-17-6-4-5-14(2)15(17)3/h4-10H,11-12H2,1-3H3,(H,20,23)(H,21,22). The Labute approximate surface area is 142 Å². The van der Waals surface area contributed by atoms with E-state index in [0.29, 0.717) is 0 Å². The highest BCUT2D eigenvalue weighted by atomic mass is 16.7. The average molecular weight is 326 g/mol. The van der Waals surface area contributed by atoms with Crippen molar-refractivity contribution in [3.63, 3.8) is 0 Å². The van der Waals surface area contributed by atoms with Gasteiger partial charge in [0.1, 0.15) is 0 Å². The highest BCUT2D eigenvalue weighted by Crippen LogP contribution is 2.17. The van der Waals surface area contributed by atoms with Crippen molar-refractivity contribution in [1.82, 2.24) is 5.48 Å². The van der Waals surface area contributed by atoms with Gasteiger partial charge in [0.2, 0.25) is 5.91 Å². The normalized spacial score (nSPS) is 10.3. The Balaban J connectivity index is 1.75. The van der Waals surface area contributed by atoms with E-state index in [4.69, 9.17) is 4.84 Å². The molecule has 0 aliphatic heterocycles. The molecule has 0 spiro atoms. The molecule has 2 N–H and O–H groups in total. The highest BCUT2D eigenvalue weighted by Gasteiger charge is 2.08. The van der Waals surface area contributed by atoms with E-state index < -0.39 is 0 Å². The van der Waals surface area contributed by atoms with Crippen LogP contribution in [0.5, 0.6) is 0 Å². The molecule has 0 saturated carbocycles. The summed E-state index contributed by atoms with van der Waals surface area (Å²) in [6.07, 6.45) is 0.207. The summed E-state index contributed by atoms with van der Waals surface area (Å²) in [6, 6.07) is 13.4. The highest BCUT2D eigenvalue weighted by molar-refractivity contribution is 5.92. The maximum absolute atomic E-state index is 11.9. The van der Waals surface area contributed by atoms with Crippen molar-refractivity contribution in [3.8, 4) is 0 Å². The van der Waals surface area contributed by atoms with Gasteiger partial charge in [-0.3, -0.25) is 14.4 Å². The third-order valence-corrected chi connectivity index (χ3v) is 3.75. The van der Waals surface area contributed by atoms with Crippen LogP contribution in [-0.4, -0.2) is 18.4 Å². The molecule has 0 aliphatic carbocycles. The summed E-state index contributed by atoms with van der Waals surface area (Å²) < 4.78 is 0. The van der Waals surface area contributed by atoms with Gasteiger partial charge in [0, 0.05) is 5.69 Å². The van der Waals surface area contributed by atoms with Crippen LogP contribution in [0.25, 0.3) is 0 Å². The lowest BCUT2D eigenvalue weighted by Gasteiger charge is -2.10. The molecule has 0 fully saturated rings. The zero-order valence-corrected chi connectivity index (χ0v) is 14.2. The number of benzene rings is 2. The van der Waals surface area contributed by atoms with E-state index in [0.717, 1.165) is 27.9 Å². The predicted octanol–water partition coefficient (Wildman–Crippen LogP) is 2.84. The lowest BCUT2D eigenvalue weighted by Crippen LogP contribution is -2.30. The smallest absolute Gasteiger partial charge is 0.253 e. The number of nitrogens with one attached hydrogen (secondary N) is 2. The molecule has 0 heterocycles. The van der Waals surface area contributed by atoms with Crippen molar-refractivity contribution in [2.45, 2.75) is 27.2 Å². The monoisotopic (exact) mass is 326 g/mol. The summed E-state index contributed by atoms with van der Waals surface area (Å²) in [7, 11) is 0.